The standard InChI is InChI=1S/C25H33N3O5S/c1-20-18-22(34(30,31)28-13-4-7-21-6-2-3-8-23(21)28)9-10-24(20)33-19-25(29)26-11-5-12-27-14-16-32-17-15-27/h2-3,6,8-10,18H,4-5,7,11-17,19H2,1H3,(H,26,29). The Morgan fingerprint density at radius 2 is 1.91 bits per heavy atom. The van der Waals surface area contributed by atoms with Crippen LogP contribution in [0.2, 0.25) is 0 Å². The van der Waals surface area contributed by atoms with Gasteiger partial charge in [-0.25, -0.2) is 8.42 Å². The Kier molecular flexibility index (Phi) is 8.07. The minimum atomic E-state index is -3.68. The largest absolute Gasteiger partial charge is 0.484 e. The van der Waals surface area contributed by atoms with Crippen LogP contribution >= 0.6 is 0 Å². The van der Waals surface area contributed by atoms with E-state index in [1.807, 2.05) is 24.3 Å². The Morgan fingerprint density at radius 1 is 1.12 bits per heavy atom. The molecular weight excluding hydrogens is 454 g/mol. The number of aryl methyl sites for hydroxylation is 2. The molecule has 0 saturated carbocycles. The van der Waals surface area contributed by atoms with E-state index in [1.54, 1.807) is 25.1 Å². The molecule has 2 aromatic carbocycles. The molecule has 0 atom stereocenters. The molecule has 2 aromatic rings. The highest BCUT2D eigenvalue weighted by atomic mass is 32.2. The summed E-state index contributed by atoms with van der Waals surface area (Å²) in [5.74, 6) is 0.310. The minimum absolute atomic E-state index is 0.107. The van der Waals surface area contributed by atoms with E-state index in [0.717, 1.165) is 63.4 Å². The number of ether oxygens (including phenoxy) is 2. The average molecular weight is 488 g/mol. The van der Waals surface area contributed by atoms with E-state index in [-0.39, 0.29) is 17.4 Å². The van der Waals surface area contributed by atoms with E-state index in [4.69, 9.17) is 9.47 Å². The Labute approximate surface area is 201 Å². The van der Waals surface area contributed by atoms with Gasteiger partial charge in [-0.05, 0) is 68.1 Å². The first-order chi connectivity index (χ1) is 16.4. The maximum atomic E-state index is 13.4. The lowest BCUT2D eigenvalue weighted by Crippen LogP contribution is -2.38. The summed E-state index contributed by atoms with van der Waals surface area (Å²) in [6, 6.07) is 12.4. The van der Waals surface area contributed by atoms with Crippen LogP contribution in [-0.2, 0) is 26.0 Å². The van der Waals surface area contributed by atoms with Crippen LogP contribution in [0.3, 0.4) is 0 Å². The minimum Gasteiger partial charge on any atom is -0.484 e. The normalized spacial score (nSPS) is 16.7. The van der Waals surface area contributed by atoms with Crippen LogP contribution in [-0.4, -0.2) is 71.8 Å². The summed E-state index contributed by atoms with van der Waals surface area (Å²) in [5.41, 5.74) is 2.47. The van der Waals surface area contributed by atoms with E-state index in [1.165, 1.54) is 4.31 Å². The number of rotatable bonds is 9. The first-order valence-corrected chi connectivity index (χ1v) is 13.3. The molecule has 2 heterocycles. The lowest BCUT2D eigenvalue weighted by atomic mass is 10.0. The Hall–Kier alpha value is -2.62. The number of anilines is 1. The van der Waals surface area contributed by atoms with Crippen molar-refractivity contribution in [2.45, 2.75) is 31.1 Å². The summed E-state index contributed by atoms with van der Waals surface area (Å²) in [6.45, 7) is 7.08. The van der Waals surface area contributed by atoms with Crippen molar-refractivity contribution in [1.82, 2.24) is 10.2 Å². The van der Waals surface area contributed by atoms with Crippen LogP contribution < -0.4 is 14.4 Å². The predicted octanol–water partition coefficient (Wildman–Crippen LogP) is 2.35. The molecule has 2 aliphatic rings. The Balaban J connectivity index is 1.30. The summed E-state index contributed by atoms with van der Waals surface area (Å²) >= 11 is 0. The van der Waals surface area contributed by atoms with Gasteiger partial charge in [0.2, 0.25) is 0 Å². The molecular formula is C25H33N3O5S. The van der Waals surface area contributed by atoms with Crippen LogP contribution in [0.5, 0.6) is 5.75 Å². The molecule has 0 spiro atoms. The van der Waals surface area contributed by atoms with Crippen LogP contribution in [0.1, 0.15) is 24.0 Å². The molecule has 184 valence electrons. The number of fused-ring (bicyclic) bond motifs is 1. The average Bonchev–Trinajstić information content (AvgIpc) is 2.86. The number of para-hydroxylation sites is 1. The molecule has 0 aromatic heterocycles. The van der Waals surface area contributed by atoms with Crippen molar-refractivity contribution in [2.24, 2.45) is 0 Å². The van der Waals surface area contributed by atoms with Gasteiger partial charge in [0.1, 0.15) is 5.75 Å². The number of hydrogen-bond donors (Lipinski definition) is 1. The molecule has 4 rings (SSSR count). The van der Waals surface area contributed by atoms with E-state index < -0.39 is 10.0 Å². The second-order valence-electron chi connectivity index (χ2n) is 8.68. The number of nitrogens with one attached hydrogen (secondary N) is 1. The van der Waals surface area contributed by atoms with E-state index in [9.17, 15) is 13.2 Å². The van der Waals surface area contributed by atoms with E-state index in [2.05, 4.69) is 10.2 Å². The highest BCUT2D eigenvalue weighted by molar-refractivity contribution is 7.92. The first kappa shape index (κ1) is 24.5. The molecule has 0 aliphatic carbocycles. The van der Waals surface area contributed by atoms with Gasteiger partial charge in [-0.2, -0.15) is 0 Å². The summed E-state index contributed by atoms with van der Waals surface area (Å²) in [7, 11) is -3.68. The summed E-state index contributed by atoms with van der Waals surface area (Å²) in [6.07, 6.45) is 2.54. The fourth-order valence-electron chi connectivity index (χ4n) is 4.37. The van der Waals surface area contributed by atoms with Crippen molar-refractivity contribution in [3.8, 4) is 5.75 Å². The zero-order valence-corrected chi connectivity index (χ0v) is 20.5. The predicted molar refractivity (Wildman–Crippen MR) is 131 cm³/mol. The van der Waals surface area contributed by atoms with Gasteiger partial charge in [0.15, 0.2) is 6.61 Å². The van der Waals surface area contributed by atoms with E-state index >= 15 is 0 Å². The van der Waals surface area contributed by atoms with Crippen molar-refractivity contribution >= 4 is 21.6 Å². The number of hydrogen-bond acceptors (Lipinski definition) is 6. The molecule has 9 heteroatoms. The molecule has 0 radical (unpaired) electrons. The van der Waals surface area contributed by atoms with Crippen LogP contribution in [0.15, 0.2) is 47.4 Å². The van der Waals surface area contributed by atoms with Gasteiger partial charge in [-0.1, -0.05) is 18.2 Å². The molecule has 1 fully saturated rings. The van der Waals surface area contributed by atoms with Gasteiger partial charge in [0.25, 0.3) is 15.9 Å². The quantitative estimate of drug-likeness (QED) is 0.547. The summed E-state index contributed by atoms with van der Waals surface area (Å²) in [4.78, 5) is 14.7. The third kappa shape index (κ3) is 5.89. The Morgan fingerprint density at radius 3 is 2.71 bits per heavy atom. The van der Waals surface area contributed by atoms with Crippen molar-refractivity contribution < 1.29 is 22.7 Å². The van der Waals surface area contributed by atoms with Gasteiger partial charge in [-0.15, -0.1) is 0 Å². The molecule has 1 amide bonds. The number of carbonyl (C=O) groups is 1. The molecule has 2 aliphatic heterocycles. The number of sulfonamides is 1. The van der Waals surface area contributed by atoms with Crippen molar-refractivity contribution in [3.05, 3.63) is 53.6 Å². The van der Waals surface area contributed by atoms with Crippen LogP contribution in [0.4, 0.5) is 5.69 Å². The topological polar surface area (TPSA) is 88.2 Å². The van der Waals surface area contributed by atoms with Crippen molar-refractivity contribution in [3.63, 3.8) is 0 Å². The van der Waals surface area contributed by atoms with Crippen LogP contribution in [0, 0.1) is 6.92 Å². The smallest absolute Gasteiger partial charge is 0.264 e. The fraction of sp³-hybridized carbons (Fsp3) is 0.480. The third-order valence-electron chi connectivity index (χ3n) is 6.24. The molecule has 34 heavy (non-hydrogen) atoms. The van der Waals surface area contributed by atoms with E-state index in [0.29, 0.717) is 24.4 Å². The lowest BCUT2D eigenvalue weighted by molar-refractivity contribution is -0.123. The Bertz CT molecular complexity index is 1100. The second-order valence-corrected chi connectivity index (χ2v) is 10.5. The summed E-state index contributed by atoms with van der Waals surface area (Å²) in [5, 5.41) is 2.88. The molecule has 0 bridgehead atoms. The third-order valence-corrected chi connectivity index (χ3v) is 8.05. The number of carbonyl (C=O) groups excluding carboxylic acids is 1. The maximum absolute atomic E-state index is 13.4. The number of morpholine rings is 1. The molecule has 1 saturated heterocycles. The maximum Gasteiger partial charge on any atom is 0.264 e. The van der Waals surface area contributed by atoms with Crippen molar-refractivity contribution in [1.29, 1.82) is 0 Å². The van der Waals surface area contributed by atoms with Gasteiger partial charge in [0.05, 0.1) is 23.8 Å². The second kappa shape index (κ2) is 11.2. The van der Waals surface area contributed by atoms with Crippen molar-refractivity contribution in [2.75, 3.05) is 56.8 Å². The van der Waals surface area contributed by atoms with Gasteiger partial charge >= 0.3 is 0 Å². The zero-order valence-electron chi connectivity index (χ0n) is 19.7. The molecule has 1 N–H and O–H groups in total. The molecule has 0 unspecified atom stereocenters. The monoisotopic (exact) mass is 487 g/mol. The number of amides is 1. The zero-order chi connectivity index (χ0) is 24.0. The number of nitrogens with zero attached hydrogens (tertiary/aromatic N) is 2. The summed E-state index contributed by atoms with van der Waals surface area (Å²) < 4.78 is 39.2. The first-order valence-electron chi connectivity index (χ1n) is 11.9. The van der Waals surface area contributed by atoms with Gasteiger partial charge in [0, 0.05) is 26.2 Å². The lowest BCUT2D eigenvalue weighted by Gasteiger charge is -2.30. The molecule has 8 nitrogen and oxygen atoms in total. The van der Waals surface area contributed by atoms with Gasteiger partial charge < -0.3 is 14.8 Å². The fourth-order valence-corrected chi connectivity index (χ4v) is 6.00. The highest BCUT2D eigenvalue weighted by Crippen LogP contribution is 2.33. The van der Waals surface area contributed by atoms with Crippen LogP contribution in [0.25, 0.3) is 0 Å². The highest BCUT2D eigenvalue weighted by Gasteiger charge is 2.29. The van der Waals surface area contributed by atoms with Gasteiger partial charge in [-0.3, -0.25) is 14.0 Å². The number of benzene rings is 2. The SMILES string of the molecule is Cc1cc(S(=O)(=O)N2CCCc3ccccc32)ccc1OCC(=O)NCCCN1CCOCC1.